The minimum Gasteiger partial charge on any atom is -0.454 e. The van der Waals surface area contributed by atoms with Gasteiger partial charge in [-0.15, -0.1) is 5.10 Å². The topological polar surface area (TPSA) is 147 Å². The number of aromatic nitrogens is 4. The van der Waals surface area contributed by atoms with Gasteiger partial charge in [-0.3, -0.25) is 14.9 Å². The standard InChI is InChI=1S/C17H13N7O5/c25-16(19-18-8-11-2-1-3-13(6-11)24(26)27)9-23-17(20-21-22-23)12-4-5-14-15(7-12)29-10-28-14/h1-8H,9-10H2,(H,19,25)/b18-8+. The molecule has 29 heavy (non-hydrogen) atoms. The summed E-state index contributed by atoms with van der Waals surface area (Å²) in [4.78, 5) is 22.4. The van der Waals surface area contributed by atoms with Crippen molar-refractivity contribution in [1.82, 2.24) is 25.6 Å². The van der Waals surface area contributed by atoms with Gasteiger partial charge in [-0.1, -0.05) is 12.1 Å². The third-order valence-electron chi connectivity index (χ3n) is 3.94. The maximum atomic E-state index is 12.2. The van der Waals surface area contributed by atoms with Crippen molar-refractivity contribution >= 4 is 17.8 Å². The summed E-state index contributed by atoms with van der Waals surface area (Å²) in [5.41, 5.74) is 3.41. The fourth-order valence-corrected chi connectivity index (χ4v) is 2.62. The molecule has 0 bridgehead atoms. The Labute approximate surface area is 162 Å². The van der Waals surface area contributed by atoms with Gasteiger partial charge in [0.2, 0.25) is 6.79 Å². The van der Waals surface area contributed by atoms with Gasteiger partial charge in [0.25, 0.3) is 11.6 Å². The number of nitro groups is 1. The lowest BCUT2D eigenvalue weighted by molar-refractivity contribution is -0.384. The number of tetrazole rings is 1. The summed E-state index contributed by atoms with van der Waals surface area (Å²) in [5.74, 6) is 1.10. The second kappa shape index (κ2) is 7.72. The molecule has 0 spiro atoms. The molecule has 0 aliphatic carbocycles. The first-order valence-electron chi connectivity index (χ1n) is 8.33. The SMILES string of the molecule is O=C(Cn1nnnc1-c1ccc2c(c1)OCO2)N/N=C/c1cccc([N+](=O)[O-])c1. The van der Waals surface area contributed by atoms with Gasteiger partial charge in [-0.05, 0) is 28.6 Å². The molecule has 1 aliphatic rings. The summed E-state index contributed by atoms with van der Waals surface area (Å²) in [7, 11) is 0. The number of nitro benzene ring substituents is 1. The molecule has 1 aliphatic heterocycles. The van der Waals surface area contributed by atoms with Crippen LogP contribution in [0.2, 0.25) is 0 Å². The molecule has 0 saturated carbocycles. The summed E-state index contributed by atoms with van der Waals surface area (Å²) < 4.78 is 11.9. The number of ether oxygens (including phenoxy) is 2. The van der Waals surface area contributed by atoms with Crippen LogP contribution in [0.4, 0.5) is 5.69 Å². The van der Waals surface area contributed by atoms with E-state index in [-0.39, 0.29) is 19.0 Å². The Balaban J connectivity index is 1.42. The van der Waals surface area contributed by atoms with E-state index in [2.05, 4.69) is 26.1 Å². The van der Waals surface area contributed by atoms with E-state index >= 15 is 0 Å². The number of nitrogens with zero attached hydrogens (tertiary/aromatic N) is 6. The van der Waals surface area contributed by atoms with Crippen LogP contribution in [0.1, 0.15) is 5.56 Å². The average molecular weight is 395 g/mol. The number of hydrazone groups is 1. The Hall–Kier alpha value is -4.35. The molecular weight excluding hydrogens is 382 g/mol. The van der Waals surface area contributed by atoms with Crippen molar-refractivity contribution in [2.24, 2.45) is 5.10 Å². The molecule has 1 amide bonds. The number of fused-ring (bicyclic) bond motifs is 1. The number of nitrogens with one attached hydrogen (secondary N) is 1. The molecule has 0 radical (unpaired) electrons. The number of amides is 1. The van der Waals surface area contributed by atoms with Crippen molar-refractivity contribution in [2.45, 2.75) is 6.54 Å². The van der Waals surface area contributed by atoms with Crippen molar-refractivity contribution in [1.29, 1.82) is 0 Å². The van der Waals surface area contributed by atoms with E-state index < -0.39 is 10.8 Å². The van der Waals surface area contributed by atoms with Gasteiger partial charge >= 0.3 is 0 Å². The quantitative estimate of drug-likeness (QED) is 0.371. The maximum absolute atomic E-state index is 12.2. The molecular formula is C17H13N7O5. The van der Waals surface area contributed by atoms with Crippen LogP contribution in [0.25, 0.3) is 11.4 Å². The minimum absolute atomic E-state index is 0.0673. The number of hydrogen-bond acceptors (Lipinski definition) is 9. The number of carbonyl (C=O) groups is 1. The van der Waals surface area contributed by atoms with Crippen molar-refractivity contribution < 1.29 is 19.2 Å². The highest BCUT2D eigenvalue weighted by Gasteiger charge is 2.18. The lowest BCUT2D eigenvalue weighted by Gasteiger charge is -2.04. The summed E-state index contributed by atoms with van der Waals surface area (Å²) in [6.07, 6.45) is 1.31. The summed E-state index contributed by atoms with van der Waals surface area (Å²) in [5, 5.41) is 26.0. The zero-order chi connectivity index (χ0) is 20.2. The monoisotopic (exact) mass is 395 g/mol. The molecule has 1 aromatic heterocycles. The first-order chi connectivity index (χ1) is 14.1. The Bertz CT molecular complexity index is 1110. The van der Waals surface area contributed by atoms with Crippen LogP contribution in [0, 0.1) is 10.1 Å². The molecule has 12 nitrogen and oxygen atoms in total. The van der Waals surface area contributed by atoms with E-state index in [1.165, 1.54) is 29.1 Å². The molecule has 1 N–H and O–H groups in total. The van der Waals surface area contributed by atoms with Crippen LogP contribution >= 0.6 is 0 Å². The van der Waals surface area contributed by atoms with Gasteiger partial charge in [-0.2, -0.15) is 5.10 Å². The van der Waals surface area contributed by atoms with E-state index in [9.17, 15) is 14.9 Å². The predicted octanol–water partition coefficient (Wildman–Crippen LogP) is 1.13. The number of benzene rings is 2. The van der Waals surface area contributed by atoms with Gasteiger partial charge in [0.15, 0.2) is 17.3 Å². The Morgan fingerprint density at radius 3 is 3.00 bits per heavy atom. The van der Waals surface area contributed by atoms with Gasteiger partial charge in [0.1, 0.15) is 6.54 Å². The van der Waals surface area contributed by atoms with Crippen LogP contribution in [-0.2, 0) is 11.3 Å². The Kier molecular flexibility index (Phi) is 4.80. The third-order valence-corrected chi connectivity index (χ3v) is 3.94. The van der Waals surface area contributed by atoms with Crippen LogP contribution in [0.3, 0.4) is 0 Å². The summed E-state index contributed by atoms with van der Waals surface area (Å²) >= 11 is 0. The van der Waals surface area contributed by atoms with Gasteiger partial charge < -0.3 is 9.47 Å². The van der Waals surface area contributed by atoms with E-state index in [1.807, 2.05) is 0 Å². The average Bonchev–Trinajstić information content (AvgIpc) is 3.36. The van der Waals surface area contributed by atoms with Crippen molar-refractivity contribution in [3.8, 4) is 22.9 Å². The minimum atomic E-state index is -0.509. The Morgan fingerprint density at radius 2 is 2.14 bits per heavy atom. The number of carbonyl (C=O) groups excluding carboxylic acids is 1. The molecule has 2 heterocycles. The van der Waals surface area contributed by atoms with Crippen LogP contribution in [0.15, 0.2) is 47.6 Å². The lowest BCUT2D eigenvalue weighted by Crippen LogP contribution is -2.24. The molecule has 0 atom stereocenters. The molecule has 0 unspecified atom stereocenters. The normalized spacial score (nSPS) is 12.3. The third kappa shape index (κ3) is 4.00. The van der Waals surface area contributed by atoms with Crippen LogP contribution < -0.4 is 14.9 Å². The highest BCUT2D eigenvalue weighted by atomic mass is 16.7. The number of non-ortho nitro benzene ring substituents is 1. The van der Waals surface area contributed by atoms with Crippen LogP contribution in [0.5, 0.6) is 11.5 Å². The largest absolute Gasteiger partial charge is 0.454 e. The van der Waals surface area contributed by atoms with Crippen molar-refractivity contribution in [3.63, 3.8) is 0 Å². The zero-order valence-corrected chi connectivity index (χ0v) is 14.8. The zero-order valence-electron chi connectivity index (χ0n) is 14.8. The second-order valence-corrected chi connectivity index (χ2v) is 5.87. The fraction of sp³-hybridized carbons (Fsp3) is 0.118. The summed E-state index contributed by atoms with van der Waals surface area (Å²) in [6.45, 7) is -0.0300. The van der Waals surface area contributed by atoms with E-state index in [0.717, 1.165) is 0 Å². The first kappa shape index (κ1) is 18.0. The smallest absolute Gasteiger partial charge is 0.270 e. The maximum Gasteiger partial charge on any atom is 0.270 e. The van der Waals surface area contributed by atoms with E-state index in [0.29, 0.717) is 28.5 Å². The molecule has 2 aromatic carbocycles. The van der Waals surface area contributed by atoms with Gasteiger partial charge in [0.05, 0.1) is 11.1 Å². The second-order valence-electron chi connectivity index (χ2n) is 5.87. The van der Waals surface area contributed by atoms with Gasteiger partial charge in [0, 0.05) is 23.3 Å². The molecule has 0 fully saturated rings. The summed E-state index contributed by atoms with van der Waals surface area (Å²) in [6, 6.07) is 11.1. The van der Waals surface area contributed by atoms with Crippen LogP contribution in [-0.4, -0.2) is 44.0 Å². The fourth-order valence-electron chi connectivity index (χ4n) is 2.62. The molecule has 0 saturated heterocycles. The predicted molar refractivity (Wildman–Crippen MR) is 98.2 cm³/mol. The highest BCUT2D eigenvalue weighted by molar-refractivity contribution is 5.83. The van der Waals surface area contributed by atoms with Crippen molar-refractivity contribution in [3.05, 3.63) is 58.1 Å². The van der Waals surface area contributed by atoms with Crippen molar-refractivity contribution in [2.75, 3.05) is 6.79 Å². The molecule has 4 rings (SSSR count). The Morgan fingerprint density at radius 1 is 1.28 bits per heavy atom. The number of rotatable bonds is 6. The lowest BCUT2D eigenvalue weighted by atomic mass is 10.2. The van der Waals surface area contributed by atoms with E-state index in [1.54, 1.807) is 24.3 Å². The molecule has 146 valence electrons. The van der Waals surface area contributed by atoms with Gasteiger partial charge in [-0.25, -0.2) is 10.1 Å². The first-order valence-corrected chi connectivity index (χ1v) is 8.33. The molecule has 3 aromatic rings. The van der Waals surface area contributed by atoms with E-state index in [4.69, 9.17) is 9.47 Å². The highest BCUT2D eigenvalue weighted by Crippen LogP contribution is 2.35. The number of hydrogen-bond donors (Lipinski definition) is 1. The molecule has 12 heteroatoms.